The molecule has 2 nitrogen and oxygen atoms in total. The van der Waals surface area contributed by atoms with Gasteiger partial charge < -0.3 is 5.43 Å². The average molecular weight is 194 g/mol. The molecule has 1 N–H and O–H groups in total. The third kappa shape index (κ3) is 3.09. The molecule has 1 aromatic heterocycles. The van der Waals surface area contributed by atoms with Crippen LogP contribution in [0, 0.1) is 13.8 Å². The van der Waals surface area contributed by atoms with Crippen LogP contribution in [-0.4, -0.2) is 11.2 Å². The maximum Gasteiger partial charge on any atom is 0.0366 e. The van der Waals surface area contributed by atoms with Crippen LogP contribution in [0.15, 0.2) is 12.1 Å². The Hall–Kier alpha value is -0.920. The summed E-state index contributed by atoms with van der Waals surface area (Å²) in [6, 6.07) is 4.29. The van der Waals surface area contributed by atoms with Gasteiger partial charge in [0.05, 0.1) is 0 Å². The quantitative estimate of drug-likeness (QED) is 0.688. The van der Waals surface area contributed by atoms with Crippen LogP contribution in [0.2, 0.25) is 0 Å². The standard InChI is InChI=1S/C12H22N2/c1-4-5-6-7-10-13-14-11(2)8-9-12(14)3/h8-9,13H,4-7,10H2,1-3H3. The van der Waals surface area contributed by atoms with Gasteiger partial charge in [-0.15, -0.1) is 0 Å². The summed E-state index contributed by atoms with van der Waals surface area (Å²) in [6.45, 7) is 7.59. The second-order valence-electron chi connectivity index (χ2n) is 3.92. The van der Waals surface area contributed by atoms with Gasteiger partial charge in [0, 0.05) is 17.9 Å². The maximum absolute atomic E-state index is 3.44. The van der Waals surface area contributed by atoms with Crippen LogP contribution in [0.5, 0.6) is 0 Å². The summed E-state index contributed by atoms with van der Waals surface area (Å²) in [5.41, 5.74) is 6.02. The molecule has 1 heterocycles. The van der Waals surface area contributed by atoms with Gasteiger partial charge in [-0.1, -0.05) is 26.2 Å². The molecule has 14 heavy (non-hydrogen) atoms. The third-order valence-electron chi connectivity index (χ3n) is 2.57. The van der Waals surface area contributed by atoms with Crippen LogP contribution in [0.4, 0.5) is 0 Å². The molecule has 0 unspecified atom stereocenters. The molecule has 0 spiro atoms. The van der Waals surface area contributed by atoms with Crippen LogP contribution < -0.4 is 5.43 Å². The van der Waals surface area contributed by atoms with Crippen molar-refractivity contribution in [1.29, 1.82) is 0 Å². The minimum absolute atomic E-state index is 1.08. The van der Waals surface area contributed by atoms with Gasteiger partial charge in [0.25, 0.3) is 0 Å². The Labute approximate surface area is 87.3 Å². The molecule has 1 aromatic rings. The van der Waals surface area contributed by atoms with E-state index in [9.17, 15) is 0 Å². The molecule has 0 radical (unpaired) electrons. The van der Waals surface area contributed by atoms with Crippen molar-refractivity contribution >= 4 is 0 Å². The molecule has 0 bridgehead atoms. The molecule has 0 fully saturated rings. The van der Waals surface area contributed by atoms with Crippen molar-refractivity contribution in [2.75, 3.05) is 12.0 Å². The van der Waals surface area contributed by atoms with Crippen molar-refractivity contribution in [3.05, 3.63) is 23.5 Å². The molecule has 80 valence electrons. The topological polar surface area (TPSA) is 17.0 Å². The summed E-state index contributed by atoms with van der Waals surface area (Å²) in [7, 11) is 0. The van der Waals surface area contributed by atoms with Crippen molar-refractivity contribution < 1.29 is 0 Å². The minimum atomic E-state index is 1.08. The normalized spacial score (nSPS) is 10.5. The monoisotopic (exact) mass is 194 g/mol. The van der Waals surface area contributed by atoms with E-state index in [-0.39, 0.29) is 0 Å². The summed E-state index contributed by atoms with van der Waals surface area (Å²) in [6.07, 6.45) is 5.26. The van der Waals surface area contributed by atoms with E-state index in [4.69, 9.17) is 0 Å². The highest BCUT2D eigenvalue weighted by Gasteiger charge is 1.98. The maximum atomic E-state index is 3.44. The Morgan fingerprint density at radius 2 is 1.71 bits per heavy atom. The average Bonchev–Trinajstić information content (AvgIpc) is 2.48. The largest absolute Gasteiger partial charge is 0.326 e. The molecule has 0 aliphatic carbocycles. The van der Waals surface area contributed by atoms with Crippen molar-refractivity contribution in [2.45, 2.75) is 46.5 Å². The first-order valence-corrected chi connectivity index (χ1v) is 5.64. The van der Waals surface area contributed by atoms with Gasteiger partial charge >= 0.3 is 0 Å². The van der Waals surface area contributed by atoms with E-state index in [0.717, 1.165) is 6.54 Å². The summed E-state index contributed by atoms with van der Waals surface area (Å²) in [4.78, 5) is 0. The summed E-state index contributed by atoms with van der Waals surface area (Å²) >= 11 is 0. The number of aryl methyl sites for hydroxylation is 2. The van der Waals surface area contributed by atoms with Gasteiger partial charge in [-0.2, -0.15) is 0 Å². The van der Waals surface area contributed by atoms with Crippen LogP contribution in [0.3, 0.4) is 0 Å². The number of aromatic nitrogens is 1. The fraction of sp³-hybridized carbons (Fsp3) is 0.667. The lowest BCUT2D eigenvalue weighted by atomic mass is 10.2. The first-order chi connectivity index (χ1) is 6.75. The van der Waals surface area contributed by atoms with E-state index in [1.807, 2.05) is 0 Å². The highest BCUT2D eigenvalue weighted by molar-refractivity contribution is 5.15. The number of hydrogen-bond donors (Lipinski definition) is 1. The van der Waals surface area contributed by atoms with Gasteiger partial charge in [0.1, 0.15) is 0 Å². The van der Waals surface area contributed by atoms with E-state index < -0.39 is 0 Å². The predicted octanol–water partition coefficient (Wildman–Crippen LogP) is 3.23. The van der Waals surface area contributed by atoms with E-state index in [0.29, 0.717) is 0 Å². The van der Waals surface area contributed by atoms with Crippen LogP contribution in [0.25, 0.3) is 0 Å². The zero-order chi connectivity index (χ0) is 10.4. The van der Waals surface area contributed by atoms with Crippen molar-refractivity contribution in [2.24, 2.45) is 0 Å². The molecule has 0 aromatic carbocycles. The first kappa shape index (κ1) is 11.2. The van der Waals surface area contributed by atoms with Gasteiger partial charge in [-0.3, -0.25) is 4.68 Å². The highest BCUT2D eigenvalue weighted by atomic mass is 15.4. The van der Waals surface area contributed by atoms with Gasteiger partial charge in [-0.25, -0.2) is 0 Å². The van der Waals surface area contributed by atoms with E-state index in [1.165, 1.54) is 37.1 Å². The summed E-state index contributed by atoms with van der Waals surface area (Å²) in [5.74, 6) is 0. The molecule has 1 rings (SSSR count). The molecule has 0 saturated carbocycles. The molecule has 0 aliphatic heterocycles. The zero-order valence-corrected chi connectivity index (χ0v) is 9.64. The van der Waals surface area contributed by atoms with E-state index >= 15 is 0 Å². The lowest BCUT2D eigenvalue weighted by molar-refractivity contribution is 0.655. The summed E-state index contributed by atoms with van der Waals surface area (Å²) in [5, 5.41) is 0. The van der Waals surface area contributed by atoms with Crippen molar-refractivity contribution in [3.8, 4) is 0 Å². The van der Waals surface area contributed by atoms with Crippen molar-refractivity contribution in [1.82, 2.24) is 4.68 Å². The van der Waals surface area contributed by atoms with E-state index in [2.05, 4.69) is 43.0 Å². The summed E-state index contributed by atoms with van der Waals surface area (Å²) < 4.78 is 2.17. The van der Waals surface area contributed by atoms with Crippen LogP contribution in [0.1, 0.15) is 44.0 Å². The Morgan fingerprint density at radius 1 is 1.07 bits per heavy atom. The Kier molecular flexibility index (Phi) is 4.57. The Balaban J connectivity index is 2.24. The van der Waals surface area contributed by atoms with E-state index in [1.54, 1.807) is 0 Å². The van der Waals surface area contributed by atoms with Crippen LogP contribution >= 0.6 is 0 Å². The van der Waals surface area contributed by atoms with Gasteiger partial charge in [0.15, 0.2) is 0 Å². The predicted molar refractivity (Wildman–Crippen MR) is 62.3 cm³/mol. The molecule has 0 atom stereocenters. The number of nitrogens with one attached hydrogen (secondary N) is 1. The second kappa shape index (κ2) is 5.74. The fourth-order valence-corrected chi connectivity index (χ4v) is 1.66. The minimum Gasteiger partial charge on any atom is -0.326 e. The molecule has 0 saturated heterocycles. The molecular formula is C12H22N2. The lowest BCUT2D eigenvalue weighted by Crippen LogP contribution is -2.18. The SMILES string of the molecule is CCCCCCNn1c(C)ccc1C. The Bertz CT molecular complexity index is 244. The molecule has 2 heteroatoms. The van der Waals surface area contributed by atoms with Crippen molar-refractivity contribution in [3.63, 3.8) is 0 Å². The number of unbranched alkanes of at least 4 members (excludes halogenated alkanes) is 3. The third-order valence-corrected chi connectivity index (χ3v) is 2.57. The fourth-order valence-electron chi connectivity index (χ4n) is 1.66. The highest BCUT2D eigenvalue weighted by Crippen LogP contribution is 2.04. The smallest absolute Gasteiger partial charge is 0.0366 e. The zero-order valence-electron chi connectivity index (χ0n) is 9.64. The van der Waals surface area contributed by atoms with Gasteiger partial charge in [-0.05, 0) is 32.4 Å². The van der Waals surface area contributed by atoms with Gasteiger partial charge in [0.2, 0.25) is 0 Å². The molecular weight excluding hydrogens is 172 g/mol. The molecule has 0 aliphatic rings. The Morgan fingerprint density at radius 3 is 2.29 bits per heavy atom. The molecule has 0 amide bonds. The first-order valence-electron chi connectivity index (χ1n) is 5.64. The number of nitrogens with zero attached hydrogens (tertiary/aromatic N) is 1. The second-order valence-corrected chi connectivity index (χ2v) is 3.92. The number of rotatable bonds is 6. The lowest BCUT2D eigenvalue weighted by Gasteiger charge is -2.12. The number of hydrogen-bond acceptors (Lipinski definition) is 1. The van der Waals surface area contributed by atoms with Crippen LogP contribution in [-0.2, 0) is 0 Å².